The van der Waals surface area contributed by atoms with Gasteiger partial charge in [-0.1, -0.05) is 0 Å². The molecule has 0 aromatic heterocycles. The normalized spacial score (nSPS) is 19.9. The molecule has 1 heterocycles. The maximum Gasteiger partial charge on any atom is 0.154 e. The lowest BCUT2D eigenvalue weighted by atomic mass is 9.99. The van der Waals surface area contributed by atoms with E-state index in [0.29, 0.717) is 6.61 Å². The van der Waals surface area contributed by atoms with E-state index in [1.807, 2.05) is 6.08 Å². The molecule has 1 unspecified atom stereocenters. The first-order valence-corrected chi connectivity index (χ1v) is 7.39. The van der Waals surface area contributed by atoms with E-state index in [1.54, 1.807) is 20.9 Å². The van der Waals surface area contributed by atoms with Crippen LogP contribution in [0.5, 0.6) is 0 Å². The van der Waals surface area contributed by atoms with Crippen LogP contribution >= 0.6 is 0 Å². The third-order valence-corrected chi connectivity index (χ3v) is 5.33. The number of rotatable bonds is 4. The topological polar surface area (TPSA) is 55.4 Å². The second kappa shape index (κ2) is 4.75. The van der Waals surface area contributed by atoms with E-state index in [4.69, 9.17) is 4.74 Å². The molecule has 0 saturated heterocycles. The zero-order chi connectivity index (χ0) is 12.4. The van der Waals surface area contributed by atoms with Crippen molar-refractivity contribution in [3.63, 3.8) is 0 Å². The van der Waals surface area contributed by atoms with E-state index in [-0.39, 0.29) is 6.04 Å². The van der Waals surface area contributed by atoms with Crippen molar-refractivity contribution in [1.29, 1.82) is 0 Å². The number of hydrogen-bond acceptors (Lipinski definition) is 4. The number of sulfone groups is 1. The molecular formula is C11H21NO3S. The molecule has 0 fully saturated rings. The van der Waals surface area contributed by atoms with Crippen LogP contribution < -0.4 is 5.32 Å². The van der Waals surface area contributed by atoms with Gasteiger partial charge in [-0.3, -0.25) is 0 Å². The Morgan fingerprint density at radius 1 is 1.50 bits per heavy atom. The highest BCUT2D eigenvalue weighted by Crippen LogP contribution is 2.27. The monoisotopic (exact) mass is 247 g/mol. The average Bonchev–Trinajstić information content (AvgIpc) is 2.18. The molecule has 0 aliphatic carbocycles. The summed E-state index contributed by atoms with van der Waals surface area (Å²) in [6.07, 6.45) is 5.20. The fourth-order valence-corrected chi connectivity index (χ4v) is 2.49. The van der Waals surface area contributed by atoms with Gasteiger partial charge in [0.2, 0.25) is 0 Å². The number of allylic oxidation sites excluding steroid dienone is 1. The Balaban J connectivity index is 3.02. The van der Waals surface area contributed by atoms with Crippen molar-refractivity contribution < 1.29 is 13.2 Å². The summed E-state index contributed by atoms with van der Waals surface area (Å²) in [6.45, 7) is 4.12. The van der Waals surface area contributed by atoms with Crippen molar-refractivity contribution in [1.82, 2.24) is 5.32 Å². The Morgan fingerprint density at radius 2 is 2.12 bits per heavy atom. The van der Waals surface area contributed by atoms with Crippen molar-refractivity contribution in [2.75, 3.05) is 19.9 Å². The molecule has 0 radical (unpaired) electrons. The van der Waals surface area contributed by atoms with Gasteiger partial charge in [0.15, 0.2) is 9.84 Å². The maximum absolute atomic E-state index is 11.8. The second-order valence-corrected chi connectivity index (χ2v) is 7.29. The van der Waals surface area contributed by atoms with E-state index in [2.05, 4.69) is 5.32 Å². The predicted octanol–water partition coefficient (Wildman–Crippen LogP) is 1.09. The molecule has 0 spiro atoms. The molecule has 0 bridgehead atoms. The highest BCUT2D eigenvalue weighted by atomic mass is 32.2. The van der Waals surface area contributed by atoms with Crippen molar-refractivity contribution in [3.8, 4) is 0 Å². The summed E-state index contributed by atoms with van der Waals surface area (Å²) in [4.78, 5) is 0. The van der Waals surface area contributed by atoms with Crippen molar-refractivity contribution in [3.05, 3.63) is 11.8 Å². The van der Waals surface area contributed by atoms with Gasteiger partial charge in [-0.25, -0.2) is 8.42 Å². The van der Waals surface area contributed by atoms with Crippen molar-refractivity contribution >= 4 is 9.84 Å². The molecule has 16 heavy (non-hydrogen) atoms. The molecular weight excluding hydrogens is 226 g/mol. The molecule has 0 amide bonds. The molecule has 1 atom stereocenters. The van der Waals surface area contributed by atoms with Crippen LogP contribution in [0.2, 0.25) is 0 Å². The van der Waals surface area contributed by atoms with E-state index in [0.717, 1.165) is 18.6 Å². The number of ether oxygens (including phenoxy) is 1. The highest BCUT2D eigenvalue weighted by Gasteiger charge is 2.41. The van der Waals surface area contributed by atoms with Crippen molar-refractivity contribution in [2.24, 2.45) is 0 Å². The highest BCUT2D eigenvalue weighted by molar-refractivity contribution is 7.92. The predicted molar refractivity (Wildman–Crippen MR) is 65.0 cm³/mol. The Bertz CT molecular complexity index is 371. The largest absolute Gasteiger partial charge is 0.497 e. The van der Waals surface area contributed by atoms with Crippen LogP contribution in [0.1, 0.15) is 26.7 Å². The van der Waals surface area contributed by atoms with Crippen LogP contribution in [0.3, 0.4) is 0 Å². The van der Waals surface area contributed by atoms with Crippen LogP contribution in [0.4, 0.5) is 0 Å². The van der Waals surface area contributed by atoms with Crippen LogP contribution in [0, 0.1) is 0 Å². The molecule has 0 aromatic rings. The minimum Gasteiger partial charge on any atom is -0.497 e. The lowest BCUT2D eigenvalue weighted by Gasteiger charge is -2.34. The molecule has 5 heteroatoms. The van der Waals surface area contributed by atoms with Gasteiger partial charge < -0.3 is 10.1 Å². The zero-order valence-corrected chi connectivity index (χ0v) is 11.2. The molecule has 1 aliphatic heterocycles. The van der Waals surface area contributed by atoms with Gasteiger partial charge in [0.25, 0.3) is 0 Å². The quantitative estimate of drug-likeness (QED) is 0.808. The van der Waals surface area contributed by atoms with E-state index >= 15 is 0 Å². The van der Waals surface area contributed by atoms with Gasteiger partial charge in [-0.05, 0) is 39.8 Å². The molecule has 0 saturated carbocycles. The van der Waals surface area contributed by atoms with Crippen LogP contribution in [0.15, 0.2) is 11.8 Å². The standard InChI is InChI=1S/C11H21NO3S/c1-11(2,16(4,13)14)10(12-3)9-7-5-6-8-15-9/h7,10,12H,5-6,8H2,1-4H3. The summed E-state index contributed by atoms with van der Waals surface area (Å²) in [7, 11) is -1.39. The fraction of sp³-hybridized carbons (Fsp3) is 0.818. The van der Waals surface area contributed by atoms with Crippen LogP contribution in [-0.2, 0) is 14.6 Å². The average molecular weight is 247 g/mol. The molecule has 0 aromatic carbocycles. The Hall–Kier alpha value is -0.550. The third kappa shape index (κ3) is 2.58. The molecule has 4 nitrogen and oxygen atoms in total. The van der Waals surface area contributed by atoms with Gasteiger partial charge >= 0.3 is 0 Å². The fourth-order valence-electron chi connectivity index (χ4n) is 1.82. The number of nitrogens with one attached hydrogen (secondary N) is 1. The lowest BCUT2D eigenvalue weighted by molar-refractivity contribution is 0.161. The van der Waals surface area contributed by atoms with Crippen LogP contribution in [-0.4, -0.2) is 39.1 Å². The summed E-state index contributed by atoms with van der Waals surface area (Å²) < 4.78 is 28.2. The first-order valence-electron chi connectivity index (χ1n) is 5.50. The minimum absolute atomic E-state index is 0.289. The zero-order valence-electron chi connectivity index (χ0n) is 10.4. The lowest BCUT2D eigenvalue weighted by Crippen LogP contribution is -2.52. The Labute approximate surface area is 98.0 Å². The SMILES string of the molecule is CNC(C1=CCCCO1)C(C)(C)S(C)(=O)=O. The van der Waals surface area contributed by atoms with Gasteiger partial charge in [0.05, 0.1) is 17.4 Å². The molecule has 94 valence electrons. The van der Waals surface area contributed by atoms with Gasteiger partial charge in [-0.2, -0.15) is 0 Å². The maximum atomic E-state index is 11.8. The molecule has 1 rings (SSSR count). The van der Waals surface area contributed by atoms with E-state index < -0.39 is 14.6 Å². The summed E-state index contributed by atoms with van der Waals surface area (Å²) in [6, 6.07) is -0.289. The van der Waals surface area contributed by atoms with Crippen LogP contribution in [0.25, 0.3) is 0 Å². The smallest absolute Gasteiger partial charge is 0.154 e. The molecule has 1 N–H and O–H groups in total. The first-order chi connectivity index (χ1) is 7.30. The summed E-state index contributed by atoms with van der Waals surface area (Å²) in [5.74, 6) is 0.754. The van der Waals surface area contributed by atoms with Gasteiger partial charge in [0.1, 0.15) is 5.76 Å². The Kier molecular flexibility index (Phi) is 4.02. The number of likely N-dealkylation sites (N-methyl/N-ethyl adjacent to an activating group) is 1. The first kappa shape index (κ1) is 13.5. The summed E-state index contributed by atoms with van der Waals surface area (Å²) in [5.41, 5.74) is 0. The molecule has 1 aliphatic rings. The summed E-state index contributed by atoms with van der Waals surface area (Å²) >= 11 is 0. The second-order valence-electron chi connectivity index (χ2n) is 4.69. The number of hydrogen-bond donors (Lipinski definition) is 1. The van der Waals surface area contributed by atoms with E-state index in [1.165, 1.54) is 6.26 Å². The van der Waals surface area contributed by atoms with Crippen molar-refractivity contribution in [2.45, 2.75) is 37.5 Å². The van der Waals surface area contributed by atoms with Gasteiger partial charge in [0, 0.05) is 6.26 Å². The minimum atomic E-state index is -3.15. The van der Waals surface area contributed by atoms with Gasteiger partial charge in [-0.15, -0.1) is 0 Å². The Morgan fingerprint density at radius 3 is 2.50 bits per heavy atom. The third-order valence-electron chi connectivity index (χ3n) is 3.19. The summed E-state index contributed by atoms with van der Waals surface area (Å²) in [5, 5.41) is 3.05. The van der Waals surface area contributed by atoms with E-state index in [9.17, 15) is 8.42 Å².